The van der Waals surface area contributed by atoms with Crippen LogP contribution in [0.4, 0.5) is 0 Å². The highest BCUT2D eigenvalue weighted by atomic mass is 16.1. The Balaban J connectivity index is 1.75. The number of carbonyl (C=O) groups is 1. The predicted octanol–water partition coefficient (Wildman–Crippen LogP) is -0.818. The first-order chi connectivity index (χ1) is 7.34. The number of rotatable bonds is 0. The maximum absolute atomic E-state index is 11.9. The minimum Gasteiger partial charge on any atom is -0.299 e. The molecule has 5 atom stereocenters. The Morgan fingerprint density at radius 1 is 1.33 bits per heavy atom. The molecule has 0 radical (unpaired) electrons. The van der Waals surface area contributed by atoms with Gasteiger partial charge in [-0.2, -0.15) is 10.7 Å². The van der Waals surface area contributed by atoms with E-state index in [0.29, 0.717) is 29.7 Å². The zero-order chi connectivity index (χ0) is 9.99. The molecule has 0 aromatic rings. The number of nitrogens with zero attached hydrogens (tertiary/aromatic N) is 1. The Morgan fingerprint density at radius 3 is 3.20 bits per heavy atom. The zero-order valence-corrected chi connectivity index (χ0v) is 8.57. The van der Waals surface area contributed by atoms with Gasteiger partial charge in [-0.15, -0.1) is 0 Å². The van der Waals surface area contributed by atoms with Crippen molar-refractivity contribution in [2.75, 3.05) is 6.54 Å². The van der Waals surface area contributed by atoms with Crippen LogP contribution in [0.5, 0.6) is 0 Å². The topological polar surface area (TPSA) is 56.4 Å². The van der Waals surface area contributed by atoms with Crippen LogP contribution in [0, 0.1) is 17.8 Å². The lowest BCUT2D eigenvalue weighted by atomic mass is 9.72. The fraction of sp³-hybridized carbons (Fsp3) is 0.900. The molecule has 5 heteroatoms. The van der Waals surface area contributed by atoms with Gasteiger partial charge in [-0.1, -0.05) is 0 Å². The van der Waals surface area contributed by atoms with Crippen molar-refractivity contribution >= 4 is 5.78 Å². The molecule has 5 nitrogen and oxygen atoms in total. The SMILES string of the molecule is O=C1CC2CCC3NNN4NCC1C2C34. The highest BCUT2D eigenvalue weighted by Gasteiger charge is 2.56. The van der Waals surface area contributed by atoms with Crippen LogP contribution < -0.4 is 16.4 Å². The molecule has 2 aliphatic heterocycles. The maximum Gasteiger partial charge on any atom is 0.137 e. The molecule has 4 aliphatic rings. The van der Waals surface area contributed by atoms with Crippen LogP contribution in [0.25, 0.3) is 0 Å². The third kappa shape index (κ3) is 0.990. The summed E-state index contributed by atoms with van der Waals surface area (Å²) in [6.45, 7) is 0.817. The second-order valence-electron chi connectivity index (χ2n) is 5.28. The molecule has 2 heterocycles. The molecule has 15 heavy (non-hydrogen) atoms. The zero-order valence-electron chi connectivity index (χ0n) is 8.57. The number of hydrazine groups is 3. The van der Waals surface area contributed by atoms with Crippen molar-refractivity contribution in [2.24, 2.45) is 17.8 Å². The second-order valence-corrected chi connectivity index (χ2v) is 5.28. The molecule has 4 rings (SSSR count). The molecule has 0 amide bonds. The van der Waals surface area contributed by atoms with Gasteiger partial charge in [0.2, 0.25) is 0 Å². The van der Waals surface area contributed by atoms with Gasteiger partial charge in [0, 0.05) is 24.9 Å². The third-order valence-corrected chi connectivity index (χ3v) is 4.69. The summed E-state index contributed by atoms with van der Waals surface area (Å²) in [4.78, 5) is 11.9. The first kappa shape index (κ1) is 8.64. The van der Waals surface area contributed by atoms with Gasteiger partial charge in [0.25, 0.3) is 0 Å². The quantitative estimate of drug-likeness (QED) is 0.486. The predicted molar refractivity (Wildman–Crippen MR) is 53.0 cm³/mol. The fourth-order valence-corrected chi connectivity index (χ4v) is 4.06. The van der Waals surface area contributed by atoms with Gasteiger partial charge < -0.3 is 0 Å². The van der Waals surface area contributed by atoms with Gasteiger partial charge in [-0.3, -0.25) is 4.79 Å². The number of carbonyl (C=O) groups excluding carboxylic acids is 1. The Hall–Kier alpha value is -0.490. The molecule has 3 N–H and O–H groups in total. The molecular formula is C10H16N4O. The fourth-order valence-electron chi connectivity index (χ4n) is 4.06. The molecular weight excluding hydrogens is 192 g/mol. The molecule has 82 valence electrons. The molecule has 0 spiro atoms. The normalized spacial score (nSPS) is 53.3. The van der Waals surface area contributed by atoms with E-state index in [1.807, 2.05) is 0 Å². The van der Waals surface area contributed by atoms with Crippen LogP contribution >= 0.6 is 0 Å². The van der Waals surface area contributed by atoms with E-state index in [-0.39, 0.29) is 5.92 Å². The molecule has 0 bridgehead atoms. The third-order valence-electron chi connectivity index (χ3n) is 4.69. The van der Waals surface area contributed by atoms with E-state index in [1.54, 1.807) is 0 Å². The maximum atomic E-state index is 11.9. The van der Waals surface area contributed by atoms with Crippen LogP contribution in [0.15, 0.2) is 0 Å². The molecule has 2 saturated heterocycles. The first-order valence-electron chi connectivity index (χ1n) is 5.91. The van der Waals surface area contributed by atoms with Crippen molar-refractivity contribution in [1.82, 2.24) is 21.5 Å². The van der Waals surface area contributed by atoms with E-state index >= 15 is 0 Å². The number of hydrogen-bond acceptors (Lipinski definition) is 5. The van der Waals surface area contributed by atoms with E-state index < -0.39 is 0 Å². The number of nitrogens with one attached hydrogen (secondary N) is 3. The van der Waals surface area contributed by atoms with Gasteiger partial charge in [0.05, 0.1) is 6.04 Å². The van der Waals surface area contributed by atoms with Gasteiger partial charge >= 0.3 is 0 Å². The molecule has 0 aromatic carbocycles. The van der Waals surface area contributed by atoms with E-state index in [9.17, 15) is 4.79 Å². The van der Waals surface area contributed by atoms with Crippen molar-refractivity contribution in [2.45, 2.75) is 31.3 Å². The highest BCUT2D eigenvalue weighted by molar-refractivity contribution is 5.84. The van der Waals surface area contributed by atoms with E-state index in [1.165, 1.54) is 12.8 Å². The van der Waals surface area contributed by atoms with Crippen molar-refractivity contribution in [3.8, 4) is 0 Å². The first-order valence-corrected chi connectivity index (χ1v) is 5.91. The largest absolute Gasteiger partial charge is 0.299 e. The van der Waals surface area contributed by atoms with Crippen LogP contribution in [-0.2, 0) is 4.79 Å². The molecule has 5 unspecified atom stereocenters. The summed E-state index contributed by atoms with van der Waals surface area (Å²) in [5, 5.41) is 2.09. The summed E-state index contributed by atoms with van der Waals surface area (Å²) in [5.41, 5.74) is 9.80. The smallest absolute Gasteiger partial charge is 0.137 e. The monoisotopic (exact) mass is 208 g/mol. The van der Waals surface area contributed by atoms with Gasteiger partial charge in [0.1, 0.15) is 5.78 Å². The van der Waals surface area contributed by atoms with E-state index in [4.69, 9.17) is 0 Å². The van der Waals surface area contributed by atoms with Gasteiger partial charge in [0.15, 0.2) is 0 Å². The lowest BCUT2D eigenvalue weighted by Crippen LogP contribution is -2.61. The number of hydrogen-bond donors (Lipinski definition) is 3. The molecule has 0 aromatic heterocycles. The van der Waals surface area contributed by atoms with Gasteiger partial charge in [-0.25, -0.2) is 10.9 Å². The highest BCUT2D eigenvalue weighted by Crippen LogP contribution is 2.47. The van der Waals surface area contributed by atoms with Crippen LogP contribution in [0.1, 0.15) is 19.3 Å². The van der Waals surface area contributed by atoms with Crippen molar-refractivity contribution in [1.29, 1.82) is 0 Å². The summed E-state index contributed by atoms with van der Waals surface area (Å²) in [6.07, 6.45) is 3.24. The molecule has 2 saturated carbocycles. The van der Waals surface area contributed by atoms with Crippen LogP contribution in [-0.4, -0.2) is 29.5 Å². The summed E-state index contributed by atoms with van der Waals surface area (Å²) >= 11 is 0. The minimum absolute atomic E-state index is 0.278. The lowest BCUT2D eigenvalue weighted by Gasteiger charge is -2.44. The van der Waals surface area contributed by atoms with Crippen LogP contribution in [0.2, 0.25) is 0 Å². The molecule has 4 fully saturated rings. The van der Waals surface area contributed by atoms with Crippen molar-refractivity contribution < 1.29 is 4.79 Å². The van der Waals surface area contributed by atoms with Crippen LogP contribution in [0.3, 0.4) is 0 Å². The Bertz CT molecular complexity index is 315. The van der Waals surface area contributed by atoms with Gasteiger partial charge in [-0.05, 0) is 24.7 Å². The minimum atomic E-state index is 0.278. The average molecular weight is 208 g/mol. The standard InChI is InChI=1S/C10H16N4O/c15-8-3-5-1-2-7-10-9(5)6(8)4-11-14(10)13-12-7/h5-7,9-13H,1-4H2. The Morgan fingerprint density at radius 2 is 2.27 bits per heavy atom. The van der Waals surface area contributed by atoms with E-state index in [2.05, 4.69) is 21.5 Å². The molecule has 2 aliphatic carbocycles. The van der Waals surface area contributed by atoms with Crippen molar-refractivity contribution in [3.63, 3.8) is 0 Å². The van der Waals surface area contributed by atoms with E-state index in [0.717, 1.165) is 13.0 Å². The summed E-state index contributed by atoms with van der Waals surface area (Å²) in [7, 11) is 0. The average Bonchev–Trinajstić information content (AvgIpc) is 2.78. The summed E-state index contributed by atoms with van der Waals surface area (Å²) < 4.78 is 0. The Kier molecular flexibility index (Phi) is 1.61. The van der Waals surface area contributed by atoms with Crippen molar-refractivity contribution in [3.05, 3.63) is 0 Å². The summed E-state index contributed by atoms with van der Waals surface area (Å²) in [6, 6.07) is 1.00. The number of ketones is 1. The lowest BCUT2D eigenvalue weighted by molar-refractivity contribution is -0.124. The number of Topliss-reactive ketones (excluding diaryl/α,β-unsaturated/α-hetero) is 1. The Labute approximate surface area is 88.5 Å². The summed E-state index contributed by atoms with van der Waals surface area (Å²) in [5.74, 6) is 2.00. The second kappa shape index (κ2) is 2.79.